The molecule has 0 aliphatic carbocycles. The number of ether oxygens (including phenoxy) is 2. The number of carbonyl (C=O) groups excluding carboxylic acids is 1. The molecule has 1 fully saturated rings. The Kier molecular flexibility index (Phi) is 3.87. The van der Waals surface area contributed by atoms with E-state index >= 15 is 0 Å². The van der Waals surface area contributed by atoms with Crippen LogP contribution in [0.1, 0.15) is 23.3 Å². The van der Waals surface area contributed by atoms with Crippen molar-refractivity contribution in [1.82, 2.24) is 15.3 Å². The van der Waals surface area contributed by atoms with Crippen LogP contribution in [0.4, 0.5) is 0 Å². The Morgan fingerprint density at radius 2 is 2.41 bits per heavy atom. The highest BCUT2D eigenvalue weighted by Gasteiger charge is 2.16. The minimum absolute atomic E-state index is 0.0888. The molecular formula is C11H15N3O3. The van der Waals surface area contributed by atoms with Crippen LogP contribution in [0, 0.1) is 0 Å². The van der Waals surface area contributed by atoms with Gasteiger partial charge in [0.25, 0.3) is 0 Å². The first-order valence-corrected chi connectivity index (χ1v) is 5.57. The lowest BCUT2D eigenvalue weighted by atomic mass is 10.1. The molecule has 0 aromatic carbocycles. The Labute approximate surface area is 99.4 Å². The number of carbonyl (C=O) groups is 1. The topological polar surface area (TPSA) is 73.3 Å². The molecule has 6 nitrogen and oxygen atoms in total. The van der Waals surface area contributed by atoms with Crippen molar-refractivity contribution in [3.8, 4) is 5.88 Å². The molecule has 1 N–H and O–H groups in total. The molecule has 1 aromatic rings. The maximum Gasteiger partial charge on any atom is 0.358 e. The fraction of sp³-hybridized carbons (Fsp3) is 0.545. The number of rotatable bonds is 3. The number of hydrogen-bond donors (Lipinski definition) is 1. The molecule has 0 spiro atoms. The summed E-state index contributed by atoms with van der Waals surface area (Å²) in [7, 11) is 1.31. The highest BCUT2D eigenvalue weighted by atomic mass is 16.5. The van der Waals surface area contributed by atoms with E-state index in [1.165, 1.54) is 19.5 Å². The third kappa shape index (κ3) is 3.13. The Bertz CT molecular complexity index is 391. The van der Waals surface area contributed by atoms with Crippen molar-refractivity contribution >= 4 is 5.97 Å². The number of esters is 1. The number of nitrogens with zero attached hydrogens (tertiary/aromatic N) is 2. The van der Waals surface area contributed by atoms with Gasteiger partial charge < -0.3 is 14.8 Å². The van der Waals surface area contributed by atoms with Gasteiger partial charge in [0.1, 0.15) is 6.10 Å². The molecule has 0 amide bonds. The van der Waals surface area contributed by atoms with Crippen molar-refractivity contribution in [3.05, 3.63) is 18.1 Å². The van der Waals surface area contributed by atoms with Crippen LogP contribution in [0.3, 0.4) is 0 Å². The monoisotopic (exact) mass is 237 g/mol. The smallest absolute Gasteiger partial charge is 0.358 e. The van der Waals surface area contributed by atoms with Crippen LogP contribution in [-0.4, -0.2) is 42.2 Å². The summed E-state index contributed by atoms with van der Waals surface area (Å²) in [5.74, 6) is -0.147. The van der Waals surface area contributed by atoms with Gasteiger partial charge in [-0.05, 0) is 19.4 Å². The van der Waals surface area contributed by atoms with Crippen molar-refractivity contribution in [2.45, 2.75) is 18.9 Å². The third-order valence-corrected chi connectivity index (χ3v) is 2.55. The molecule has 17 heavy (non-hydrogen) atoms. The van der Waals surface area contributed by atoms with Crippen LogP contribution in [0.15, 0.2) is 12.4 Å². The van der Waals surface area contributed by atoms with Gasteiger partial charge in [-0.3, -0.25) is 4.98 Å². The van der Waals surface area contributed by atoms with Crippen LogP contribution in [0.2, 0.25) is 0 Å². The third-order valence-electron chi connectivity index (χ3n) is 2.55. The molecule has 2 rings (SSSR count). The second kappa shape index (κ2) is 5.58. The molecule has 1 atom stereocenters. The van der Waals surface area contributed by atoms with Gasteiger partial charge in [-0.2, -0.15) is 0 Å². The summed E-state index contributed by atoms with van der Waals surface area (Å²) < 4.78 is 10.2. The van der Waals surface area contributed by atoms with Gasteiger partial charge in [-0.15, -0.1) is 0 Å². The number of methoxy groups -OCH3 is 1. The molecule has 0 radical (unpaired) electrons. The molecule has 1 aromatic heterocycles. The van der Waals surface area contributed by atoms with Gasteiger partial charge in [-0.25, -0.2) is 9.78 Å². The summed E-state index contributed by atoms with van der Waals surface area (Å²) in [6, 6.07) is 0. The fourth-order valence-corrected chi connectivity index (χ4v) is 1.70. The Balaban J connectivity index is 2.02. The van der Waals surface area contributed by atoms with E-state index in [9.17, 15) is 4.79 Å². The van der Waals surface area contributed by atoms with Crippen molar-refractivity contribution < 1.29 is 14.3 Å². The largest absolute Gasteiger partial charge is 0.472 e. The average molecular weight is 237 g/mol. The number of aromatic nitrogens is 2. The maximum absolute atomic E-state index is 11.3. The van der Waals surface area contributed by atoms with E-state index in [1.54, 1.807) is 0 Å². The van der Waals surface area contributed by atoms with Crippen molar-refractivity contribution in [2.24, 2.45) is 0 Å². The van der Waals surface area contributed by atoms with E-state index in [0.717, 1.165) is 25.9 Å². The SMILES string of the molecule is COC(=O)c1cncc(OC2CCCNC2)n1. The summed E-state index contributed by atoms with van der Waals surface area (Å²) in [5, 5.41) is 3.24. The predicted molar refractivity (Wildman–Crippen MR) is 59.9 cm³/mol. The summed E-state index contributed by atoms with van der Waals surface area (Å²) in [6.07, 6.45) is 5.01. The van der Waals surface area contributed by atoms with Crippen molar-refractivity contribution in [1.29, 1.82) is 0 Å². The molecule has 1 saturated heterocycles. The standard InChI is InChI=1S/C11H15N3O3/c1-16-11(15)9-6-13-7-10(14-9)17-8-3-2-4-12-5-8/h6-8,12H,2-5H2,1H3. The van der Waals surface area contributed by atoms with Crippen molar-refractivity contribution in [3.63, 3.8) is 0 Å². The zero-order chi connectivity index (χ0) is 12.1. The van der Waals surface area contributed by atoms with E-state index in [-0.39, 0.29) is 11.8 Å². The molecule has 0 bridgehead atoms. The highest BCUT2D eigenvalue weighted by Crippen LogP contribution is 2.12. The Morgan fingerprint density at radius 3 is 3.12 bits per heavy atom. The molecule has 92 valence electrons. The quantitative estimate of drug-likeness (QED) is 0.767. The van der Waals surface area contributed by atoms with Gasteiger partial charge >= 0.3 is 5.97 Å². The van der Waals surface area contributed by atoms with Gasteiger partial charge in [-0.1, -0.05) is 0 Å². The summed E-state index contributed by atoms with van der Waals surface area (Å²) in [4.78, 5) is 19.2. The lowest BCUT2D eigenvalue weighted by molar-refractivity contribution is 0.0590. The molecule has 2 heterocycles. The second-order valence-corrected chi connectivity index (χ2v) is 3.82. The minimum atomic E-state index is -0.510. The number of piperidine rings is 1. The first-order valence-electron chi connectivity index (χ1n) is 5.57. The fourth-order valence-electron chi connectivity index (χ4n) is 1.70. The summed E-state index contributed by atoms with van der Waals surface area (Å²) in [5.41, 5.74) is 0.161. The molecular weight excluding hydrogens is 222 g/mol. The predicted octanol–water partition coefficient (Wildman–Crippen LogP) is 0.394. The lowest BCUT2D eigenvalue weighted by Gasteiger charge is -2.23. The van der Waals surface area contributed by atoms with E-state index in [4.69, 9.17) is 4.74 Å². The molecule has 1 unspecified atom stereocenters. The first kappa shape index (κ1) is 11.8. The van der Waals surface area contributed by atoms with Gasteiger partial charge in [0, 0.05) is 6.54 Å². The van der Waals surface area contributed by atoms with E-state index in [0.29, 0.717) is 5.88 Å². The van der Waals surface area contributed by atoms with Crippen LogP contribution < -0.4 is 10.1 Å². The summed E-state index contributed by atoms with van der Waals surface area (Å²) in [6.45, 7) is 1.82. The van der Waals surface area contributed by atoms with E-state index in [2.05, 4.69) is 20.0 Å². The molecule has 0 saturated carbocycles. The first-order chi connectivity index (χ1) is 8.29. The van der Waals surface area contributed by atoms with Crippen LogP contribution >= 0.6 is 0 Å². The maximum atomic E-state index is 11.3. The van der Waals surface area contributed by atoms with E-state index < -0.39 is 5.97 Å². The van der Waals surface area contributed by atoms with Crippen LogP contribution in [0.25, 0.3) is 0 Å². The summed E-state index contributed by atoms with van der Waals surface area (Å²) >= 11 is 0. The van der Waals surface area contributed by atoms with E-state index in [1.807, 2.05) is 0 Å². The molecule has 1 aliphatic rings. The zero-order valence-electron chi connectivity index (χ0n) is 9.68. The molecule has 6 heteroatoms. The number of hydrogen-bond acceptors (Lipinski definition) is 6. The van der Waals surface area contributed by atoms with Gasteiger partial charge in [0.2, 0.25) is 5.88 Å². The second-order valence-electron chi connectivity index (χ2n) is 3.82. The Morgan fingerprint density at radius 1 is 1.53 bits per heavy atom. The van der Waals surface area contributed by atoms with Crippen LogP contribution in [0.5, 0.6) is 5.88 Å². The van der Waals surface area contributed by atoms with Crippen LogP contribution in [-0.2, 0) is 4.74 Å². The Hall–Kier alpha value is -1.69. The normalized spacial score (nSPS) is 19.7. The minimum Gasteiger partial charge on any atom is -0.472 e. The van der Waals surface area contributed by atoms with Gasteiger partial charge in [0.15, 0.2) is 5.69 Å². The highest BCUT2D eigenvalue weighted by molar-refractivity contribution is 5.86. The lowest BCUT2D eigenvalue weighted by Crippen LogP contribution is -2.37. The van der Waals surface area contributed by atoms with Gasteiger partial charge in [0.05, 0.1) is 19.5 Å². The number of nitrogens with one attached hydrogen (secondary N) is 1. The zero-order valence-corrected chi connectivity index (χ0v) is 9.68. The van der Waals surface area contributed by atoms with Crippen molar-refractivity contribution in [2.75, 3.05) is 20.2 Å². The average Bonchev–Trinajstić information content (AvgIpc) is 2.39. The molecule has 1 aliphatic heterocycles.